The van der Waals surface area contributed by atoms with E-state index in [2.05, 4.69) is 17.9 Å². The van der Waals surface area contributed by atoms with Crippen LogP contribution in [0.3, 0.4) is 0 Å². The van der Waals surface area contributed by atoms with Gasteiger partial charge in [0.05, 0.1) is 5.25 Å². The standard InChI is InChI=1S/C20H15Cl2NOS/c21-16-7-5-14(6-8-16)19(25)13-1-3-15(4-2-13)20(24)23-18-11-9-17(22)10-12-18/h1-12,19,25H,(H,23,24). The molecule has 0 saturated carbocycles. The van der Waals surface area contributed by atoms with Crippen molar-refractivity contribution < 1.29 is 4.79 Å². The van der Waals surface area contributed by atoms with E-state index in [4.69, 9.17) is 23.2 Å². The Morgan fingerprint density at radius 1 is 0.760 bits per heavy atom. The summed E-state index contributed by atoms with van der Waals surface area (Å²) in [6.07, 6.45) is 0. The van der Waals surface area contributed by atoms with Crippen molar-refractivity contribution in [1.82, 2.24) is 0 Å². The van der Waals surface area contributed by atoms with Crippen LogP contribution in [0.2, 0.25) is 10.0 Å². The van der Waals surface area contributed by atoms with Crippen LogP contribution < -0.4 is 5.32 Å². The minimum atomic E-state index is -0.170. The lowest BCUT2D eigenvalue weighted by atomic mass is 10.0. The van der Waals surface area contributed by atoms with Gasteiger partial charge in [0.15, 0.2) is 0 Å². The summed E-state index contributed by atoms with van der Waals surface area (Å²) in [5.74, 6) is -0.170. The SMILES string of the molecule is O=C(Nc1ccc(Cl)cc1)c1ccc(C(S)c2ccc(Cl)cc2)cc1. The normalized spacial score (nSPS) is 11.8. The average molecular weight is 388 g/mol. The van der Waals surface area contributed by atoms with E-state index >= 15 is 0 Å². The fraction of sp³-hybridized carbons (Fsp3) is 0.0500. The maximum absolute atomic E-state index is 12.3. The van der Waals surface area contributed by atoms with Gasteiger partial charge in [0.1, 0.15) is 0 Å². The quantitative estimate of drug-likeness (QED) is 0.507. The molecule has 126 valence electrons. The molecule has 0 aliphatic heterocycles. The molecule has 1 N–H and O–H groups in total. The molecular weight excluding hydrogens is 373 g/mol. The van der Waals surface area contributed by atoms with Gasteiger partial charge >= 0.3 is 0 Å². The van der Waals surface area contributed by atoms with Crippen molar-refractivity contribution in [1.29, 1.82) is 0 Å². The Hall–Kier alpha value is -1.94. The lowest BCUT2D eigenvalue weighted by Gasteiger charge is -2.12. The Labute approximate surface area is 162 Å². The zero-order valence-corrected chi connectivity index (χ0v) is 15.5. The van der Waals surface area contributed by atoms with Crippen LogP contribution in [0.1, 0.15) is 26.7 Å². The van der Waals surface area contributed by atoms with E-state index in [-0.39, 0.29) is 11.2 Å². The summed E-state index contributed by atoms with van der Waals surface area (Å²) in [7, 11) is 0. The first-order chi connectivity index (χ1) is 12.0. The summed E-state index contributed by atoms with van der Waals surface area (Å²) < 4.78 is 0. The molecule has 3 rings (SSSR count). The predicted molar refractivity (Wildman–Crippen MR) is 108 cm³/mol. The molecule has 5 heteroatoms. The van der Waals surface area contributed by atoms with Crippen LogP contribution in [0.5, 0.6) is 0 Å². The van der Waals surface area contributed by atoms with E-state index in [0.717, 1.165) is 11.1 Å². The number of carbonyl (C=O) groups is 1. The van der Waals surface area contributed by atoms with Crippen molar-refractivity contribution in [2.24, 2.45) is 0 Å². The third-order valence-corrected chi connectivity index (χ3v) is 4.88. The second kappa shape index (κ2) is 7.96. The summed E-state index contributed by atoms with van der Waals surface area (Å²) in [6, 6.07) is 22.0. The van der Waals surface area contributed by atoms with Crippen LogP contribution >= 0.6 is 35.8 Å². The third-order valence-electron chi connectivity index (χ3n) is 3.78. The number of thiol groups is 1. The van der Waals surface area contributed by atoms with E-state index in [9.17, 15) is 4.79 Å². The van der Waals surface area contributed by atoms with E-state index in [1.807, 2.05) is 36.4 Å². The van der Waals surface area contributed by atoms with Gasteiger partial charge in [-0.25, -0.2) is 0 Å². The van der Waals surface area contributed by atoms with Crippen LogP contribution in [-0.4, -0.2) is 5.91 Å². The first-order valence-corrected chi connectivity index (χ1v) is 8.90. The van der Waals surface area contributed by atoms with E-state index in [0.29, 0.717) is 21.3 Å². The van der Waals surface area contributed by atoms with Gasteiger partial charge in [-0.05, 0) is 59.7 Å². The molecule has 0 saturated heterocycles. The first-order valence-electron chi connectivity index (χ1n) is 7.63. The van der Waals surface area contributed by atoms with Gasteiger partial charge in [0.2, 0.25) is 0 Å². The number of hydrogen-bond donors (Lipinski definition) is 2. The molecule has 1 unspecified atom stereocenters. The highest BCUT2D eigenvalue weighted by molar-refractivity contribution is 7.80. The van der Waals surface area contributed by atoms with Crippen LogP contribution in [0.4, 0.5) is 5.69 Å². The number of carbonyl (C=O) groups excluding carboxylic acids is 1. The molecular formula is C20H15Cl2NOS. The van der Waals surface area contributed by atoms with Crippen molar-refractivity contribution in [2.75, 3.05) is 5.32 Å². The van der Waals surface area contributed by atoms with E-state index in [1.54, 1.807) is 36.4 Å². The van der Waals surface area contributed by atoms with E-state index < -0.39 is 0 Å². The Bertz CT molecular complexity index is 862. The molecule has 0 aliphatic carbocycles. The maximum atomic E-state index is 12.3. The van der Waals surface area contributed by atoms with E-state index in [1.165, 1.54) is 0 Å². The Morgan fingerprint density at radius 3 is 1.72 bits per heavy atom. The van der Waals surface area contributed by atoms with Crippen molar-refractivity contribution in [3.8, 4) is 0 Å². The molecule has 1 amide bonds. The molecule has 1 atom stereocenters. The van der Waals surface area contributed by atoms with Gasteiger partial charge < -0.3 is 5.32 Å². The largest absolute Gasteiger partial charge is 0.322 e. The van der Waals surface area contributed by atoms with Crippen LogP contribution in [0.25, 0.3) is 0 Å². The Morgan fingerprint density at radius 2 is 1.20 bits per heavy atom. The fourth-order valence-corrected chi connectivity index (χ4v) is 2.99. The second-order valence-corrected chi connectivity index (χ2v) is 6.93. The zero-order chi connectivity index (χ0) is 17.8. The number of anilines is 1. The number of halogens is 2. The Kier molecular flexibility index (Phi) is 5.69. The monoisotopic (exact) mass is 387 g/mol. The highest BCUT2D eigenvalue weighted by atomic mass is 35.5. The smallest absolute Gasteiger partial charge is 0.255 e. The Balaban J connectivity index is 1.71. The molecule has 0 aliphatic rings. The number of nitrogens with one attached hydrogen (secondary N) is 1. The third kappa shape index (κ3) is 4.57. The van der Waals surface area contributed by atoms with Crippen molar-refractivity contribution in [3.05, 3.63) is 99.5 Å². The highest BCUT2D eigenvalue weighted by Crippen LogP contribution is 2.29. The predicted octanol–water partition coefficient (Wildman–Crippen LogP) is 6.26. The van der Waals surface area contributed by atoms with Gasteiger partial charge in [-0.2, -0.15) is 12.6 Å². The lowest BCUT2D eigenvalue weighted by Crippen LogP contribution is -2.11. The van der Waals surface area contributed by atoms with Crippen molar-refractivity contribution >= 4 is 47.4 Å². The minimum Gasteiger partial charge on any atom is -0.322 e. The van der Waals surface area contributed by atoms with Crippen LogP contribution in [-0.2, 0) is 0 Å². The fourth-order valence-electron chi connectivity index (χ4n) is 2.39. The van der Waals surface area contributed by atoms with Gasteiger partial charge in [0, 0.05) is 21.3 Å². The van der Waals surface area contributed by atoms with Gasteiger partial charge in [-0.1, -0.05) is 47.5 Å². The summed E-state index contributed by atoms with van der Waals surface area (Å²) >= 11 is 16.4. The molecule has 2 nitrogen and oxygen atoms in total. The van der Waals surface area contributed by atoms with Crippen LogP contribution in [0.15, 0.2) is 72.8 Å². The summed E-state index contributed by atoms with van der Waals surface area (Å²) in [4.78, 5) is 12.3. The van der Waals surface area contributed by atoms with Crippen molar-refractivity contribution in [2.45, 2.75) is 5.25 Å². The molecule has 3 aromatic rings. The molecule has 0 fully saturated rings. The zero-order valence-electron chi connectivity index (χ0n) is 13.1. The maximum Gasteiger partial charge on any atom is 0.255 e. The molecule has 0 heterocycles. The van der Waals surface area contributed by atoms with Gasteiger partial charge in [-0.15, -0.1) is 0 Å². The summed E-state index contributed by atoms with van der Waals surface area (Å²) in [5.41, 5.74) is 3.34. The summed E-state index contributed by atoms with van der Waals surface area (Å²) in [6.45, 7) is 0. The highest BCUT2D eigenvalue weighted by Gasteiger charge is 2.11. The number of benzene rings is 3. The molecule has 0 radical (unpaired) electrons. The molecule has 0 bridgehead atoms. The average Bonchev–Trinajstić information content (AvgIpc) is 2.64. The topological polar surface area (TPSA) is 29.1 Å². The minimum absolute atomic E-state index is 0.0781. The summed E-state index contributed by atoms with van der Waals surface area (Å²) in [5, 5.41) is 4.08. The lowest BCUT2D eigenvalue weighted by molar-refractivity contribution is 0.102. The van der Waals surface area contributed by atoms with Gasteiger partial charge in [0.25, 0.3) is 5.91 Å². The second-order valence-electron chi connectivity index (χ2n) is 5.54. The molecule has 3 aromatic carbocycles. The number of amides is 1. The molecule has 0 aromatic heterocycles. The number of rotatable bonds is 4. The first kappa shape index (κ1) is 17.9. The molecule has 0 spiro atoms. The van der Waals surface area contributed by atoms with Gasteiger partial charge in [-0.3, -0.25) is 4.79 Å². The van der Waals surface area contributed by atoms with Crippen molar-refractivity contribution in [3.63, 3.8) is 0 Å². The molecule has 25 heavy (non-hydrogen) atoms. The van der Waals surface area contributed by atoms with Crippen LogP contribution in [0, 0.1) is 0 Å². The number of hydrogen-bond acceptors (Lipinski definition) is 2.